The van der Waals surface area contributed by atoms with Crippen LogP contribution in [0.15, 0.2) is 60.9 Å². The summed E-state index contributed by atoms with van der Waals surface area (Å²) >= 11 is 6.46. The van der Waals surface area contributed by atoms with Gasteiger partial charge in [-0.15, -0.1) is 0 Å². The largest absolute Gasteiger partial charge is 0.350 e. The highest BCUT2D eigenvalue weighted by atomic mass is 35.5. The van der Waals surface area contributed by atoms with Gasteiger partial charge in [0.05, 0.1) is 28.6 Å². The summed E-state index contributed by atoms with van der Waals surface area (Å²) in [4.78, 5) is 55.7. The Morgan fingerprint density at radius 1 is 1.02 bits per heavy atom. The highest BCUT2D eigenvalue weighted by Crippen LogP contribution is 2.34. The molecule has 0 saturated heterocycles. The number of hydrogen-bond donors (Lipinski definition) is 1. The number of pyridine rings is 2. The summed E-state index contributed by atoms with van der Waals surface area (Å²) in [6.07, 6.45) is 4.73. The Morgan fingerprint density at radius 3 is 2.61 bits per heavy atom. The minimum Gasteiger partial charge on any atom is -0.350 e. The van der Waals surface area contributed by atoms with Crippen LogP contribution in [0.1, 0.15) is 77.6 Å². The van der Waals surface area contributed by atoms with Crippen molar-refractivity contribution >= 4 is 40.1 Å². The smallest absolute Gasteiger partial charge is 0.269 e. The van der Waals surface area contributed by atoms with Crippen molar-refractivity contribution in [3.63, 3.8) is 0 Å². The predicted molar refractivity (Wildman–Crippen MR) is 197 cm³/mol. The quantitative estimate of drug-likeness (QED) is 0.158. The number of carbonyl (C=O) groups excluding carboxylic acids is 3. The second kappa shape index (κ2) is 14.0. The molecule has 51 heavy (non-hydrogen) atoms. The van der Waals surface area contributed by atoms with E-state index in [0.717, 1.165) is 63.3 Å². The Bertz CT molecular complexity index is 2270. The Balaban J connectivity index is 1.01. The van der Waals surface area contributed by atoms with Gasteiger partial charge in [0.25, 0.3) is 11.8 Å². The average Bonchev–Trinajstić information content (AvgIpc) is 3.67. The molecule has 0 aliphatic carbocycles. The lowest BCUT2D eigenvalue weighted by Gasteiger charge is -2.28. The Hall–Kier alpha value is -5.53. The van der Waals surface area contributed by atoms with Crippen molar-refractivity contribution in [2.75, 3.05) is 13.1 Å². The fourth-order valence-electron chi connectivity index (χ4n) is 6.77. The summed E-state index contributed by atoms with van der Waals surface area (Å²) in [6, 6.07) is 15.4. The van der Waals surface area contributed by atoms with Crippen molar-refractivity contribution in [3.05, 3.63) is 99.8 Å². The van der Waals surface area contributed by atoms with Gasteiger partial charge in [-0.1, -0.05) is 48.6 Å². The van der Waals surface area contributed by atoms with Gasteiger partial charge >= 0.3 is 0 Å². The summed E-state index contributed by atoms with van der Waals surface area (Å²) < 4.78 is 2.25. The summed E-state index contributed by atoms with van der Waals surface area (Å²) in [7, 11) is 0. The van der Waals surface area contributed by atoms with Crippen LogP contribution >= 0.6 is 11.6 Å². The van der Waals surface area contributed by atoms with E-state index in [1.165, 1.54) is 0 Å². The Kier molecular flexibility index (Phi) is 9.32. The molecule has 0 atom stereocenters. The number of fused-ring (bicyclic) bond motifs is 3. The first-order valence-corrected chi connectivity index (χ1v) is 17.6. The van der Waals surface area contributed by atoms with E-state index >= 15 is 0 Å². The van der Waals surface area contributed by atoms with E-state index < -0.39 is 0 Å². The third-order valence-corrected chi connectivity index (χ3v) is 9.88. The van der Waals surface area contributed by atoms with Gasteiger partial charge in [0.1, 0.15) is 11.5 Å². The standard InChI is InChI=1S/C40H38ClN7O3/c1-5-37-45-38(36-23-46(25(4)49)15-16-47(36)37)30-11-8-10-26-19-35(44-21-32(26)30)28-12-13-34(43-20-28)39(50)42-14-7-6-9-27-17-31-29(18-33(27)41)22-48(24(2)3)40(31)51/h8,10-13,17-21,24H,5,7,14-16,22-23H2,1-4H3,(H,42,50). The number of amides is 3. The number of benzene rings is 2. The molecular formula is C40H38ClN7O3. The van der Waals surface area contributed by atoms with Gasteiger partial charge in [-0.05, 0) is 55.1 Å². The fraction of sp³-hybridized carbons (Fsp3) is 0.300. The maximum Gasteiger partial charge on any atom is 0.269 e. The lowest BCUT2D eigenvalue weighted by molar-refractivity contribution is -0.130. The van der Waals surface area contributed by atoms with Gasteiger partial charge in [-0.2, -0.15) is 0 Å². The fourth-order valence-corrected chi connectivity index (χ4v) is 7.00. The molecule has 0 bridgehead atoms. The second-order valence-corrected chi connectivity index (χ2v) is 13.5. The molecule has 0 spiro atoms. The Morgan fingerprint density at radius 2 is 1.86 bits per heavy atom. The zero-order valence-electron chi connectivity index (χ0n) is 29.1. The number of rotatable bonds is 7. The van der Waals surface area contributed by atoms with Crippen molar-refractivity contribution in [3.8, 4) is 34.4 Å². The summed E-state index contributed by atoms with van der Waals surface area (Å²) in [6.45, 7) is 10.5. The van der Waals surface area contributed by atoms with Crippen molar-refractivity contribution in [1.82, 2.24) is 34.6 Å². The van der Waals surface area contributed by atoms with Crippen LogP contribution in [0.3, 0.4) is 0 Å². The number of aryl methyl sites for hydroxylation is 1. The van der Waals surface area contributed by atoms with E-state index in [9.17, 15) is 14.4 Å². The van der Waals surface area contributed by atoms with Gasteiger partial charge in [-0.25, -0.2) is 4.98 Å². The number of nitrogens with one attached hydrogen (secondary N) is 1. The minimum atomic E-state index is -0.299. The first-order chi connectivity index (χ1) is 24.6. The zero-order valence-corrected chi connectivity index (χ0v) is 29.8. The van der Waals surface area contributed by atoms with E-state index in [-0.39, 0.29) is 23.8 Å². The number of hydrogen-bond acceptors (Lipinski definition) is 6. The van der Waals surface area contributed by atoms with Crippen LogP contribution in [0.4, 0.5) is 0 Å². The van der Waals surface area contributed by atoms with Crippen LogP contribution in [0.2, 0.25) is 5.02 Å². The molecule has 3 amide bonds. The normalized spacial score (nSPS) is 13.6. The predicted octanol–water partition coefficient (Wildman–Crippen LogP) is 6.27. The van der Waals surface area contributed by atoms with Crippen molar-refractivity contribution in [2.24, 2.45) is 0 Å². The highest BCUT2D eigenvalue weighted by Gasteiger charge is 2.30. The lowest BCUT2D eigenvalue weighted by atomic mass is 10.0. The lowest BCUT2D eigenvalue weighted by Crippen LogP contribution is -2.37. The summed E-state index contributed by atoms with van der Waals surface area (Å²) in [5, 5.41) is 5.36. The van der Waals surface area contributed by atoms with Gasteiger partial charge in [0.15, 0.2) is 0 Å². The monoisotopic (exact) mass is 699 g/mol. The molecule has 7 rings (SSSR count). The van der Waals surface area contributed by atoms with Gasteiger partial charge in [-0.3, -0.25) is 24.4 Å². The van der Waals surface area contributed by atoms with Gasteiger partial charge in [0.2, 0.25) is 5.91 Å². The molecule has 0 radical (unpaired) electrons. The zero-order chi connectivity index (χ0) is 35.8. The van der Waals surface area contributed by atoms with Crippen LogP contribution in [-0.4, -0.2) is 66.2 Å². The summed E-state index contributed by atoms with van der Waals surface area (Å²) in [5.41, 5.74) is 6.90. The molecule has 5 heterocycles. The molecule has 0 unspecified atom stereocenters. The molecule has 0 saturated carbocycles. The van der Waals surface area contributed by atoms with Crippen LogP contribution < -0.4 is 5.32 Å². The molecule has 11 heteroatoms. The van der Waals surface area contributed by atoms with Gasteiger partial charge in [0, 0.05) is 92.0 Å². The minimum absolute atomic E-state index is 0.00542. The molecule has 258 valence electrons. The number of nitrogens with zero attached hydrogens (tertiary/aromatic N) is 6. The van der Waals surface area contributed by atoms with E-state index in [0.29, 0.717) is 54.4 Å². The molecular weight excluding hydrogens is 662 g/mol. The van der Waals surface area contributed by atoms with Crippen LogP contribution in [0.25, 0.3) is 33.3 Å². The summed E-state index contributed by atoms with van der Waals surface area (Å²) in [5.74, 6) is 6.88. The first-order valence-electron chi connectivity index (χ1n) is 17.2. The number of halogens is 1. The molecule has 0 fully saturated rings. The Labute approximate surface area is 301 Å². The molecule has 1 N–H and O–H groups in total. The van der Waals surface area contributed by atoms with Crippen molar-refractivity contribution < 1.29 is 14.4 Å². The molecule has 5 aromatic rings. The highest BCUT2D eigenvalue weighted by molar-refractivity contribution is 6.32. The van der Waals surface area contributed by atoms with E-state index in [1.54, 1.807) is 25.3 Å². The van der Waals surface area contributed by atoms with Crippen LogP contribution in [0, 0.1) is 11.8 Å². The number of imidazole rings is 1. The topological polar surface area (TPSA) is 113 Å². The second-order valence-electron chi connectivity index (χ2n) is 13.1. The first kappa shape index (κ1) is 33.9. The SMILES string of the molecule is CCc1nc(-c2cccc3cc(-c4ccc(C(=O)NCCC#Cc5cc6c(cc5Cl)CN(C(C)C)C6=O)nc4)ncc23)c2n1CCN(C(C)=O)C2. The van der Waals surface area contributed by atoms with Gasteiger partial charge < -0.3 is 19.7 Å². The molecule has 2 aliphatic rings. The van der Waals surface area contributed by atoms with E-state index in [2.05, 4.69) is 39.7 Å². The molecule has 10 nitrogen and oxygen atoms in total. The molecule has 2 aliphatic heterocycles. The van der Waals surface area contributed by atoms with Crippen LogP contribution in [-0.2, 0) is 30.8 Å². The molecule has 3 aromatic heterocycles. The average molecular weight is 700 g/mol. The number of aromatic nitrogens is 4. The third kappa shape index (κ3) is 6.57. The van der Waals surface area contributed by atoms with Crippen molar-refractivity contribution in [1.29, 1.82) is 0 Å². The van der Waals surface area contributed by atoms with E-state index in [1.807, 2.05) is 60.2 Å². The van der Waals surface area contributed by atoms with Crippen molar-refractivity contribution in [2.45, 2.75) is 66.2 Å². The maximum absolute atomic E-state index is 12.8. The van der Waals surface area contributed by atoms with Crippen LogP contribution in [0.5, 0.6) is 0 Å². The maximum atomic E-state index is 12.8. The molecule has 2 aromatic carbocycles. The third-order valence-electron chi connectivity index (χ3n) is 9.57. The van der Waals surface area contributed by atoms with E-state index in [4.69, 9.17) is 21.6 Å². The number of carbonyl (C=O) groups is 3.